The number of ether oxygens (including phenoxy) is 1. The summed E-state index contributed by atoms with van der Waals surface area (Å²) in [5.74, 6) is 0.895. The van der Waals surface area contributed by atoms with Crippen LogP contribution in [0.2, 0.25) is 0 Å². The summed E-state index contributed by atoms with van der Waals surface area (Å²) in [5, 5.41) is 16.0. The summed E-state index contributed by atoms with van der Waals surface area (Å²) < 4.78 is 7.58. The van der Waals surface area contributed by atoms with Crippen molar-refractivity contribution >= 4 is 11.8 Å². The number of aromatic nitrogens is 4. The second-order valence-corrected chi connectivity index (χ2v) is 5.59. The van der Waals surface area contributed by atoms with Crippen molar-refractivity contribution < 1.29 is 4.74 Å². The Morgan fingerprint density at radius 3 is 3.21 bits per heavy atom. The third-order valence-corrected chi connectivity index (χ3v) is 4.08. The standard InChI is InChI=1S/C11H22N6OS/c1-3-12-4-5-17-11(13-14-15-17)19-9-10-8-16(2)6-7-18-10/h10,12H,3-9H2,1-2H3. The van der Waals surface area contributed by atoms with Crippen LogP contribution in [-0.4, -0.2) is 76.8 Å². The van der Waals surface area contributed by atoms with Gasteiger partial charge >= 0.3 is 0 Å². The Bertz CT molecular complexity index is 374. The largest absolute Gasteiger partial charge is 0.375 e. The fraction of sp³-hybridized carbons (Fsp3) is 0.909. The van der Waals surface area contributed by atoms with Crippen LogP contribution in [-0.2, 0) is 11.3 Å². The molecule has 1 unspecified atom stereocenters. The van der Waals surface area contributed by atoms with Gasteiger partial charge in [-0.25, -0.2) is 4.68 Å². The number of tetrazole rings is 1. The molecule has 1 aromatic rings. The lowest BCUT2D eigenvalue weighted by atomic mass is 10.3. The molecule has 19 heavy (non-hydrogen) atoms. The molecular formula is C11H22N6OS. The van der Waals surface area contributed by atoms with Crippen LogP contribution in [0.3, 0.4) is 0 Å². The molecular weight excluding hydrogens is 264 g/mol. The first kappa shape index (κ1) is 14.7. The molecule has 1 atom stereocenters. The summed E-state index contributed by atoms with van der Waals surface area (Å²) in [7, 11) is 2.13. The van der Waals surface area contributed by atoms with E-state index in [4.69, 9.17) is 4.74 Å². The topological polar surface area (TPSA) is 68.1 Å². The lowest BCUT2D eigenvalue weighted by Crippen LogP contribution is -2.41. The Morgan fingerprint density at radius 1 is 1.53 bits per heavy atom. The van der Waals surface area contributed by atoms with Gasteiger partial charge in [-0.15, -0.1) is 5.10 Å². The van der Waals surface area contributed by atoms with Crippen molar-refractivity contribution in [3.05, 3.63) is 0 Å². The number of nitrogens with zero attached hydrogens (tertiary/aromatic N) is 5. The molecule has 0 radical (unpaired) electrons. The molecule has 2 heterocycles. The minimum Gasteiger partial charge on any atom is -0.375 e. The van der Waals surface area contributed by atoms with Gasteiger partial charge in [-0.05, 0) is 24.0 Å². The normalized spacial score (nSPS) is 20.8. The van der Waals surface area contributed by atoms with Crippen molar-refractivity contribution in [3.8, 4) is 0 Å². The van der Waals surface area contributed by atoms with Gasteiger partial charge in [0.15, 0.2) is 0 Å². The second kappa shape index (κ2) is 7.78. The molecule has 1 N–H and O–H groups in total. The molecule has 2 rings (SSSR count). The zero-order chi connectivity index (χ0) is 13.5. The van der Waals surface area contributed by atoms with Gasteiger partial charge in [0.2, 0.25) is 5.16 Å². The summed E-state index contributed by atoms with van der Waals surface area (Å²) in [4.78, 5) is 2.29. The average molecular weight is 286 g/mol. The third kappa shape index (κ3) is 4.72. The smallest absolute Gasteiger partial charge is 0.209 e. The van der Waals surface area contributed by atoms with Gasteiger partial charge in [0.25, 0.3) is 0 Å². The van der Waals surface area contributed by atoms with Crippen LogP contribution in [0, 0.1) is 0 Å². The lowest BCUT2D eigenvalue weighted by Gasteiger charge is -2.29. The highest BCUT2D eigenvalue weighted by atomic mass is 32.2. The summed E-state index contributed by atoms with van der Waals surface area (Å²) in [6, 6.07) is 0. The van der Waals surface area contributed by atoms with Crippen LogP contribution >= 0.6 is 11.8 Å². The molecule has 0 amide bonds. The molecule has 0 bridgehead atoms. The Morgan fingerprint density at radius 2 is 2.42 bits per heavy atom. The Balaban J connectivity index is 1.77. The minimum absolute atomic E-state index is 0.266. The molecule has 1 aliphatic rings. The van der Waals surface area contributed by atoms with Crippen molar-refractivity contribution in [2.24, 2.45) is 0 Å². The number of thioether (sulfide) groups is 1. The molecule has 8 heteroatoms. The first-order valence-electron chi connectivity index (χ1n) is 6.69. The zero-order valence-electron chi connectivity index (χ0n) is 11.6. The molecule has 1 aliphatic heterocycles. The van der Waals surface area contributed by atoms with Crippen molar-refractivity contribution in [3.63, 3.8) is 0 Å². The van der Waals surface area contributed by atoms with E-state index in [0.29, 0.717) is 0 Å². The quantitative estimate of drug-likeness (QED) is 0.545. The SMILES string of the molecule is CCNCCn1nnnc1SCC1CN(C)CCO1. The molecule has 0 spiro atoms. The van der Waals surface area contributed by atoms with E-state index in [1.807, 2.05) is 4.68 Å². The van der Waals surface area contributed by atoms with Crippen molar-refractivity contribution in [1.29, 1.82) is 0 Å². The summed E-state index contributed by atoms with van der Waals surface area (Å²) >= 11 is 1.67. The number of rotatable bonds is 7. The fourth-order valence-corrected chi connectivity index (χ4v) is 2.84. The van der Waals surface area contributed by atoms with E-state index in [1.165, 1.54) is 0 Å². The van der Waals surface area contributed by atoms with E-state index in [-0.39, 0.29) is 6.10 Å². The van der Waals surface area contributed by atoms with Crippen molar-refractivity contribution in [2.45, 2.75) is 24.7 Å². The predicted molar refractivity (Wildman–Crippen MR) is 74.3 cm³/mol. The van der Waals surface area contributed by atoms with E-state index in [0.717, 1.165) is 50.2 Å². The third-order valence-electron chi connectivity index (χ3n) is 2.99. The van der Waals surface area contributed by atoms with Crippen LogP contribution in [0.15, 0.2) is 5.16 Å². The van der Waals surface area contributed by atoms with E-state index >= 15 is 0 Å². The van der Waals surface area contributed by atoms with Crippen molar-refractivity contribution in [2.75, 3.05) is 45.6 Å². The maximum atomic E-state index is 5.73. The second-order valence-electron chi connectivity index (χ2n) is 4.60. The lowest BCUT2D eigenvalue weighted by molar-refractivity contribution is -0.00602. The molecule has 1 fully saturated rings. The number of likely N-dealkylation sites (N-methyl/N-ethyl adjacent to an activating group) is 2. The average Bonchev–Trinajstić information content (AvgIpc) is 2.84. The highest BCUT2D eigenvalue weighted by molar-refractivity contribution is 7.99. The molecule has 7 nitrogen and oxygen atoms in total. The molecule has 0 aliphatic carbocycles. The molecule has 0 aromatic carbocycles. The summed E-state index contributed by atoms with van der Waals surface area (Å²) in [5.41, 5.74) is 0. The van der Waals surface area contributed by atoms with Crippen LogP contribution in [0.5, 0.6) is 0 Å². The van der Waals surface area contributed by atoms with Crippen LogP contribution in [0.25, 0.3) is 0 Å². The monoisotopic (exact) mass is 286 g/mol. The van der Waals surface area contributed by atoms with Crippen LogP contribution < -0.4 is 5.32 Å². The number of morpholine rings is 1. The number of hydrogen-bond acceptors (Lipinski definition) is 7. The predicted octanol–water partition coefficient (Wildman–Crippen LogP) is -0.295. The van der Waals surface area contributed by atoms with Gasteiger partial charge in [0, 0.05) is 25.4 Å². The molecule has 108 valence electrons. The minimum atomic E-state index is 0.266. The van der Waals surface area contributed by atoms with E-state index in [1.54, 1.807) is 11.8 Å². The van der Waals surface area contributed by atoms with Gasteiger partial charge in [-0.1, -0.05) is 18.7 Å². The highest BCUT2D eigenvalue weighted by Gasteiger charge is 2.19. The van der Waals surface area contributed by atoms with Gasteiger partial charge in [0.1, 0.15) is 0 Å². The van der Waals surface area contributed by atoms with Gasteiger partial charge in [0.05, 0.1) is 19.3 Å². The zero-order valence-corrected chi connectivity index (χ0v) is 12.4. The maximum absolute atomic E-state index is 5.73. The first-order valence-corrected chi connectivity index (χ1v) is 7.68. The van der Waals surface area contributed by atoms with Crippen LogP contribution in [0.1, 0.15) is 6.92 Å². The summed E-state index contributed by atoms with van der Waals surface area (Å²) in [6.07, 6.45) is 0.266. The molecule has 1 aromatic heterocycles. The Kier molecular flexibility index (Phi) is 6.02. The van der Waals surface area contributed by atoms with Crippen molar-refractivity contribution in [1.82, 2.24) is 30.4 Å². The molecule has 0 saturated carbocycles. The molecule has 1 saturated heterocycles. The fourth-order valence-electron chi connectivity index (χ4n) is 1.94. The Hall–Kier alpha value is -0.700. The summed E-state index contributed by atoms with van der Waals surface area (Å²) in [6.45, 7) is 7.55. The van der Waals surface area contributed by atoms with E-state index in [2.05, 4.69) is 39.7 Å². The first-order chi connectivity index (χ1) is 9.29. The van der Waals surface area contributed by atoms with Crippen LogP contribution in [0.4, 0.5) is 0 Å². The Labute approximate surface area is 118 Å². The van der Waals surface area contributed by atoms with E-state index in [9.17, 15) is 0 Å². The van der Waals surface area contributed by atoms with Gasteiger partial charge in [-0.2, -0.15) is 0 Å². The van der Waals surface area contributed by atoms with E-state index < -0.39 is 0 Å². The van der Waals surface area contributed by atoms with Gasteiger partial charge in [-0.3, -0.25) is 0 Å². The van der Waals surface area contributed by atoms with Gasteiger partial charge < -0.3 is 15.0 Å². The maximum Gasteiger partial charge on any atom is 0.209 e. The highest BCUT2D eigenvalue weighted by Crippen LogP contribution is 2.17. The number of hydrogen-bond donors (Lipinski definition) is 1. The number of nitrogens with one attached hydrogen (secondary N) is 1.